The van der Waals surface area contributed by atoms with Gasteiger partial charge in [-0.05, 0) is 54.5 Å². The number of carbonyl (C=O) groups is 1. The molecule has 0 aliphatic heterocycles. The van der Waals surface area contributed by atoms with Gasteiger partial charge >= 0.3 is 5.97 Å². The van der Waals surface area contributed by atoms with Gasteiger partial charge in [-0.3, -0.25) is 0 Å². The Kier molecular flexibility index (Phi) is 12.8. The van der Waals surface area contributed by atoms with Crippen LogP contribution < -0.4 is 14.2 Å². The summed E-state index contributed by atoms with van der Waals surface area (Å²) < 4.78 is 23.4. The number of hydrogen-bond acceptors (Lipinski definition) is 6. The molecular formula is C37H41ClO6. The molecule has 0 saturated heterocycles. The van der Waals surface area contributed by atoms with Crippen LogP contribution >= 0.6 is 11.6 Å². The van der Waals surface area contributed by atoms with E-state index in [4.69, 9.17) is 30.5 Å². The molecular weight excluding hydrogens is 576 g/mol. The monoisotopic (exact) mass is 616 g/mol. The van der Waals surface area contributed by atoms with E-state index in [2.05, 4.69) is 30.3 Å². The van der Waals surface area contributed by atoms with Gasteiger partial charge in [0.2, 0.25) is 0 Å². The van der Waals surface area contributed by atoms with Crippen molar-refractivity contribution in [2.75, 3.05) is 13.7 Å². The quantitative estimate of drug-likeness (QED) is 0.0942. The topological polar surface area (TPSA) is 74.2 Å². The zero-order chi connectivity index (χ0) is 31.1. The predicted octanol–water partition coefficient (Wildman–Crippen LogP) is 9.12. The number of halogens is 1. The first-order valence-electron chi connectivity index (χ1n) is 15.2. The maximum atomic E-state index is 12.1. The van der Waals surface area contributed by atoms with E-state index in [0.29, 0.717) is 42.6 Å². The molecule has 4 rings (SSSR count). The van der Waals surface area contributed by atoms with Crippen molar-refractivity contribution in [1.29, 1.82) is 0 Å². The van der Waals surface area contributed by atoms with Gasteiger partial charge in [-0.15, -0.1) is 0 Å². The Morgan fingerprint density at radius 1 is 0.750 bits per heavy atom. The zero-order valence-electron chi connectivity index (χ0n) is 25.5. The Morgan fingerprint density at radius 2 is 1.41 bits per heavy atom. The van der Waals surface area contributed by atoms with Crippen LogP contribution in [-0.2, 0) is 30.8 Å². The van der Waals surface area contributed by atoms with E-state index in [1.165, 1.54) is 13.2 Å². The van der Waals surface area contributed by atoms with Crippen LogP contribution in [0, 0.1) is 0 Å². The number of unbranched alkanes of at least 4 members (excludes halogenated alkanes) is 3. The van der Waals surface area contributed by atoms with Crippen molar-refractivity contribution in [3.8, 4) is 23.0 Å². The lowest BCUT2D eigenvalue weighted by Crippen LogP contribution is -2.07. The number of hydrogen-bond donors (Lipinski definition) is 1. The fourth-order valence-electron chi connectivity index (χ4n) is 5.02. The molecule has 0 saturated carbocycles. The van der Waals surface area contributed by atoms with E-state index in [9.17, 15) is 9.90 Å². The average molecular weight is 617 g/mol. The molecule has 0 aromatic heterocycles. The SMILES string of the molecule is CCCc1c(O)c(C(=O)OC)cc(Cl)c1OCCCCCCc1cccc(OCc2ccccc2)c1OCc1ccccc1. The summed E-state index contributed by atoms with van der Waals surface area (Å²) in [7, 11) is 1.27. The minimum atomic E-state index is -0.629. The highest BCUT2D eigenvalue weighted by Gasteiger charge is 2.22. The highest BCUT2D eigenvalue weighted by Crippen LogP contribution is 2.39. The van der Waals surface area contributed by atoms with Crippen molar-refractivity contribution >= 4 is 17.6 Å². The standard InChI is InChI=1S/C37H41ClO6/c1-3-15-30-34(39)31(37(40)41-2)24-32(38)36(30)42-23-13-5-4-12-20-29-21-14-22-33(43-25-27-16-8-6-9-17-27)35(29)44-26-28-18-10-7-11-19-28/h6-11,14,16-19,21-22,24,39H,3-5,12-13,15,20,23,25-26H2,1-2H3. The van der Waals surface area contributed by atoms with Crippen LogP contribution in [-0.4, -0.2) is 24.8 Å². The average Bonchev–Trinajstić information content (AvgIpc) is 3.05. The van der Waals surface area contributed by atoms with E-state index in [0.717, 1.165) is 66.7 Å². The Morgan fingerprint density at radius 3 is 2.07 bits per heavy atom. The summed E-state index contributed by atoms with van der Waals surface area (Å²) in [5, 5.41) is 11.0. The normalized spacial score (nSPS) is 10.8. The molecule has 0 spiro atoms. The summed E-state index contributed by atoms with van der Waals surface area (Å²) in [6, 6.07) is 27.8. The van der Waals surface area contributed by atoms with E-state index in [1.807, 2.05) is 55.5 Å². The van der Waals surface area contributed by atoms with Gasteiger partial charge in [-0.1, -0.05) is 111 Å². The van der Waals surface area contributed by atoms with Gasteiger partial charge in [-0.2, -0.15) is 0 Å². The summed E-state index contributed by atoms with van der Waals surface area (Å²) in [5.41, 5.74) is 3.92. The van der Waals surface area contributed by atoms with Crippen LogP contribution in [0.5, 0.6) is 23.0 Å². The van der Waals surface area contributed by atoms with Crippen LogP contribution in [0.15, 0.2) is 84.9 Å². The van der Waals surface area contributed by atoms with Crippen molar-refractivity contribution in [3.05, 3.63) is 118 Å². The molecule has 44 heavy (non-hydrogen) atoms. The van der Waals surface area contributed by atoms with Gasteiger partial charge in [0.1, 0.15) is 30.3 Å². The summed E-state index contributed by atoms with van der Waals surface area (Å²) >= 11 is 6.46. The number of ether oxygens (including phenoxy) is 4. The fraction of sp³-hybridized carbons (Fsp3) is 0.324. The van der Waals surface area contributed by atoms with Crippen LogP contribution in [0.2, 0.25) is 5.02 Å². The summed E-state index contributed by atoms with van der Waals surface area (Å²) in [5.74, 6) is 1.22. The number of carbonyl (C=O) groups excluding carboxylic acids is 1. The van der Waals surface area contributed by atoms with Gasteiger partial charge in [-0.25, -0.2) is 4.79 Å². The van der Waals surface area contributed by atoms with E-state index < -0.39 is 5.97 Å². The largest absolute Gasteiger partial charge is 0.507 e. The lowest BCUT2D eigenvalue weighted by molar-refractivity contribution is 0.0597. The van der Waals surface area contributed by atoms with Crippen LogP contribution in [0.3, 0.4) is 0 Å². The van der Waals surface area contributed by atoms with Gasteiger partial charge in [0.25, 0.3) is 0 Å². The Labute approximate surface area is 265 Å². The number of methoxy groups -OCH3 is 1. The van der Waals surface area contributed by atoms with Crippen LogP contribution in [0.1, 0.15) is 71.6 Å². The second-order valence-corrected chi connectivity index (χ2v) is 11.0. The summed E-state index contributed by atoms with van der Waals surface area (Å²) in [4.78, 5) is 12.1. The number of aromatic hydroxyl groups is 1. The van der Waals surface area contributed by atoms with Crippen molar-refractivity contribution < 1.29 is 28.8 Å². The molecule has 0 radical (unpaired) electrons. The highest BCUT2D eigenvalue weighted by atomic mass is 35.5. The molecule has 7 heteroatoms. The molecule has 0 amide bonds. The fourth-order valence-corrected chi connectivity index (χ4v) is 5.30. The minimum absolute atomic E-state index is 0.0509. The molecule has 0 atom stereocenters. The molecule has 0 fully saturated rings. The number of phenols is 1. The molecule has 4 aromatic rings. The highest BCUT2D eigenvalue weighted by molar-refractivity contribution is 6.32. The van der Waals surface area contributed by atoms with Gasteiger partial charge in [0.15, 0.2) is 11.5 Å². The number of esters is 1. The molecule has 4 aromatic carbocycles. The molecule has 232 valence electrons. The molecule has 0 heterocycles. The Bertz CT molecular complexity index is 1470. The molecule has 0 aliphatic rings. The number of para-hydroxylation sites is 1. The Balaban J connectivity index is 1.33. The molecule has 0 bridgehead atoms. The smallest absolute Gasteiger partial charge is 0.341 e. The molecule has 0 aliphatic carbocycles. The number of phenolic OH excluding ortho intramolecular Hbond substituents is 1. The zero-order valence-corrected chi connectivity index (χ0v) is 26.3. The second kappa shape index (κ2) is 17.2. The third-order valence-electron chi connectivity index (χ3n) is 7.32. The van der Waals surface area contributed by atoms with Gasteiger partial charge < -0.3 is 24.1 Å². The van der Waals surface area contributed by atoms with Crippen molar-refractivity contribution in [3.63, 3.8) is 0 Å². The van der Waals surface area contributed by atoms with Crippen LogP contribution in [0.25, 0.3) is 0 Å². The first kappa shape index (κ1) is 32.7. The molecule has 0 unspecified atom stereocenters. The maximum Gasteiger partial charge on any atom is 0.341 e. The summed E-state index contributed by atoms with van der Waals surface area (Å²) in [6.07, 6.45) is 5.97. The number of rotatable bonds is 17. The molecule has 6 nitrogen and oxygen atoms in total. The van der Waals surface area contributed by atoms with Crippen molar-refractivity contribution in [2.24, 2.45) is 0 Å². The number of aryl methyl sites for hydroxylation is 1. The summed E-state index contributed by atoms with van der Waals surface area (Å²) in [6.45, 7) is 3.39. The lowest BCUT2D eigenvalue weighted by atomic mass is 10.0. The van der Waals surface area contributed by atoms with Crippen molar-refractivity contribution in [1.82, 2.24) is 0 Å². The lowest BCUT2D eigenvalue weighted by Gasteiger charge is -2.17. The minimum Gasteiger partial charge on any atom is -0.507 e. The third-order valence-corrected chi connectivity index (χ3v) is 7.60. The van der Waals surface area contributed by atoms with E-state index in [-0.39, 0.29) is 11.3 Å². The first-order valence-corrected chi connectivity index (χ1v) is 15.6. The van der Waals surface area contributed by atoms with Crippen molar-refractivity contribution in [2.45, 2.75) is 65.1 Å². The van der Waals surface area contributed by atoms with E-state index in [1.54, 1.807) is 0 Å². The maximum absolute atomic E-state index is 12.1. The van der Waals surface area contributed by atoms with E-state index >= 15 is 0 Å². The van der Waals surface area contributed by atoms with Gasteiger partial charge in [0, 0.05) is 5.56 Å². The second-order valence-electron chi connectivity index (χ2n) is 10.6. The number of benzene rings is 4. The third kappa shape index (κ3) is 9.17. The van der Waals surface area contributed by atoms with Gasteiger partial charge in [0.05, 0.1) is 18.7 Å². The first-order chi connectivity index (χ1) is 21.5. The molecule has 1 N–H and O–H groups in total. The van der Waals surface area contributed by atoms with Crippen LogP contribution in [0.4, 0.5) is 0 Å². The Hall–Kier alpha value is -4.16. The predicted molar refractivity (Wildman–Crippen MR) is 174 cm³/mol.